The topological polar surface area (TPSA) is 0 Å². The summed E-state index contributed by atoms with van der Waals surface area (Å²) in [5.74, 6) is 5.30. The minimum Gasteiger partial charge on any atom is -0.0816 e. The highest BCUT2D eigenvalue weighted by molar-refractivity contribution is 5.28. The molecular weight excluding hydrogens is 252 g/mol. The molecule has 2 fully saturated rings. The Morgan fingerprint density at radius 3 is 2.38 bits per heavy atom. The van der Waals surface area contributed by atoms with E-state index in [9.17, 15) is 0 Å². The fourth-order valence-corrected chi connectivity index (χ4v) is 7.02. The van der Waals surface area contributed by atoms with Gasteiger partial charge in [0.15, 0.2) is 0 Å². The van der Waals surface area contributed by atoms with Crippen molar-refractivity contribution in [3.8, 4) is 0 Å². The third kappa shape index (κ3) is 2.07. The molecule has 3 aliphatic carbocycles. The summed E-state index contributed by atoms with van der Waals surface area (Å²) in [6.07, 6.45) is 8.35. The Morgan fingerprint density at radius 1 is 1.10 bits per heavy atom. The number of hydrogen-bond donors (Lipinski definition) is 0. The molecule has 0 heterocycles. The zero-order chi connectivity index (χ0) is 15.6. The van der Waals surface area contributed by atoms with E-state index >= 15 is 0 Å². The Hall–Kier alpha value is -0.260. The predicted molar refractivity (Wildman–Crippen MR) is 92.1 cm³/mol. The molecule has 3 rings (SSSR count). The lowest BCUT2D eigenvalue weighted by Crippen LogP contribution is -2.47. The van der Waals surface area contributed by atoms with Gasteiger partial charge in [0.2, 0.25) is 0 Å². The van der Waals surface area contributed by atoms with Crippen molar-refractivity contribution in [1.82, 2.24) is 0 Å². The largest absolute Gasteiger partial charge is 0.0816 e. The van der Waals surface area contributed by atoms with E-state index in [1.165, 1.54) is 25.7 Å². The van der Waals surface area contributed by atoms with Crippen LogP contribution in [0.2, 0.25) is 0 Å². The second kappa shape index (κ2) is 4.87. The maximum atomic E-state index is 2.67. The minimum absolute atomic E-state index is 0.482. The van der Waals surface area contributed by atoms with Crippen molar-refractivity contribution in [3.63, 3.8) is 0 Å². The molecule has 7 atom stereocenters. The van der Waals surface area contributed by atoms with Crippen molar-refractivity contribution in [2.75, 3.05) is 0 Å². The second-order valence-electron chi connectivity index (χ2n) is 9.63. The fraction of sp³-hybridized carbons (Fsp3) is 0.905. The molecule has 0 nitrogen and oxygen atoms in total. The molecule has 0 aliphatic heterocycles. The lowest BCUT2D eigenvalue weighted by atomic mass is 9.49. The molecule has 3 aliphatic rings. The summed E-state index contributed by atoms with van der Waals surface area (Å²) in [6.45, 7) is 17.7. The summed E-state index contributed by atoms with van der Waals surface area (Å²) in [4.78, 5) is 0. The first-order valence-electron chi connectivity index (χ1n) is 9.44. The molecule has 21 heavy (non-hydrogen) atoms. The molecule has 0 N–H and O–H groups in total. The minimum atomic E-state index is 0.482. The highest BCUT2D eigenvalue weighted by atomic mass is 14.6. The molecule has 120 valence electrons. The average molecular weight is 289 g/mol. The summed E-state index contributed by atoms with van der Waals surface area (Å²) in [6, 6.07) is 0. The smallest absolute Gasteiger partial charge is 0.00566 e. The molecule has 0 aromatic rings. The number of hydrogen-bond acceptors (Lipinski definition) is 0. The summed E-state index contributed by atoms with van der Waals surface area (Å²) in [5.41, 5.74) is 2.86. The van der Waals surface area contributed by atoms with Gasteiger partial charge in [0.05, 0.1) is 0 Å². The molecule has 0 heteroatoms. The lowest BCUT2D eigenvalue weighted by Gasteiger charge is -2.55. The number of fused-ring (bicyclic) bond motifs is 3. The van der Waals surface area contributed by atoms with Crippen molar-refractivity contribution in [1.29, 1.82) is 0 Å². The average Bonchev–Trinajstić information content (AvgIpc) is 2.64. The standard InChI is InChI=1S/C21H36/c1-8-17-16-11-14(3)18-10-13(2)9-15(4)21(18,7)19(16)12-20(17,5)6/h10,13-17,19H,8-9,11-12H2,1-7H3. The van der Waals surface area contributed by atoms with Crippen molar-refractivity contribution >= 4 is 0 Å². The van der Waals surface area contributed by atoms with Gasteiger partial charge in [-0.05, 0) is 65.6 Å². The Morgan fingerprint density at radius 2 is 1.76 bits per heavy atom. The number of rotatable bonds is 1. The van der Waals surface area contributed by atoms with Gasteiger partial charge in [0, 0.05) is 0 Å². The third-order valence-electron chi connectivity index (χ3n) is 7.99. The quantitative estimate of drug-likeness (QED) is 0.495. The van der Waals surface area contributed by atoms with Gasteiger partial charge in [-0.3, -0.25) is 0 Å². The van der Waals surface area contributed by atoms with Gasteiger partial charge in [-0.1, -0.05) is 66.5 Å². The first-order chi connectivity index (χ1) is 9.71. The van der Waals surface area contributed by atoms with E-state index < -0.39 is 0 Å². The normalized spacial score (nSPS) is 52.0. The van der Waals surface area contributed by atoms with Crippen LogP contribution >= 0.6 is 0 Å². The van der Waals surface area contributed by atoms with E-state index in [1.54, 1.807) is 0 Å². The molecule has 0 radical (unpaired) electrons. The molecule has 0 amide bonds. The maximum Gasteiger partial charge on any atom is -0.00566 e. The van der Waals surface area contributed by atoms with Crippen LogP contribution in [0.25, 0.3) is 0 Å². The molecule has 0 saturated heterocycles. The van der Waals surface area contributed by atoms with Gasteiger partial charge in [0.1, 0.15) is 0 Å². The first-order valence-corrected chi connectivity index (χ1v) is 9.44. The van der Waals surface area contributed by atoms with Crippen molar-refractivity contribution in [3.05, 3.63) is 11.6 Å². The van der Waals surface area contributed by atoms with E-state index in [2.05, 4.69) is 54.5 Å². The molecular formula is C21H36. The molecule has 7 unspecified atom stereocenters. The Labute approximate surface area is 132 Å². The van der Waals surface area contributed by atoms with E-state index in [0.717, 1.165) is 35.5 Å². The number of allylic oxidation sites excluding steroid dienone is 2. The van der Waals surface area contributed by atoms with Crippen LogP contribution in [0, 0.1) is 46.3 Å². The highest BCUT2D eigenvalue weighted by Gasteiger charge is 2.59. The van der Waals surface area contributed by atoms with Crippen LogP contribution in [0.4, 0.5) is 0 Å². The monoisotopic (exact) mass is 288 g/mol. The molecule has 0 spiro atoms. The van der Waals surface area contributed by atoms with E-state index in [4.69, 9.17) is 0 Å². The van der Waals surface area contributed by atoms with Crippen LogP contribution in [-0.4, -0.2) is 0 Å². The van der Waals surface area contributed by atoms with Gasteiger partial charge in [-0.25, -0.2) is 0 Å². The Kier molecular flexibility index (Phi) is 3.62. The molecule has 2 saturated carbocycles. The first kappa shape index (κ1) is 15.6. The third-order valence-corrected chi connectivity index (χ3v) is 7.99. The SMILES string of the molecule is CCC1C2CC(C)C3=CC(C)CC(C)C3(C)C2CC1(C)C. The summed E-state index contributed by atoms with van der Waals surface area (Å²) in [5, 5.41) is 0. The maximum absolute atomic E-state index is 2.67. The highest BCUT2D eigenvalue weighted by Crippen LogP contribution is 2.67. The second-order valence-corrected chi connectivity index (χ2v) is 9.63. The van der Waals surface area contributed by atoms with Crippen molar-refractivity contribution in [2.45, 2.75) is 74.1 Å². The Balaban J connectivity index is 2.06. The fourth-order valence-electron chi connectivity index (χ4n) is 7.02. The van der Waals surface area contributed by atoms with E-state index in [0.29, 0.717) is 10.8 Å². The van der Waals surface area contributed by atoms with Crippen molar-refractivity contribution < 1.29 is 0 Å². The van der Waals surface area contributed by atoms with E-state index in [-0.39, 0.29) is 0 Å². The molecule has 0 aromatic heterocycles. The van der Waals surface area contributed by atoms with Crippen LogP contribution in [-0.2, 0) is 0 Å². The summed E-state index contributed by atoms with van der Waals surface area (Å²) < 4.78 is 0. The molecule has 0 aromatic carbocycles. The van der Waals surface area contributed by atoms with Crippen LogP contribution in [0.3, 0.4) is 0 Å². The van der Waals surface area contributed by atoms with Crippen LogP contribution < -0.4 is 0 Å². The lowest BCUT2D eigenvalue weighted by molar-refractivity contribution is 0.0288. The van der Waals surface area contributed by atoms with Crippen LogP contribution in [0.1, 0.15) is 74.1 Å². The zero-order valence-corrected chi connectivity index (χ0v) is 15.4. The van der Waals surface area contributed by atoms with Gasteiger partial charge >= 0.3 is 0 Å². The van der Waals surface area contributed by atoms with Gasteiger partial charge in [-0.15, -0.1) is 0 Å². The van der Waals surface area contributed by atoms with Crippen LogP contribution in [0.5, 0.6) is 0 Å². The molecule has 0 bridgehead atoms. The van der Waals surface area contributed by atoms with Gasteiger partial charge in [-0.2, -0.15) is 0 Å². The predicted octanol–water partition coefficient (Wildman–Crippen LogP) is 6.32. The van der Waals surface area contributed by atoms with E-state index in [1.807, 2.05) is 5.57 Å². The summed E-state index contributed by atoms with van der Waals surface area (Å²) in [7, 11) is 0. The Bertz CT molecular complexity index is 443. The van der Waals surface area contributed by atoms with Crippen LogP contribution in [0.15, 0.2) is 11.6 Å². The van der Waals surface area contributed by atoms with Crippen molar-refractivity contribution in [2.24, 2.45) is 46.3 Å². The zero-order valence-electron chi connectivity index (χ0n) is 15.4. The van der Waals surface area contributed by atoms with Gasteiger partial charge < -0.3 is 0 Å². The van der Waals surface area contributed by atoms with Gasteiger partial charge in [0.25, 0.3) is 0 Å². The summed E-state index contributed by atoms with van der Waals surface area (Å²) >= 11 is 0.